The van der Waals surface area contributed by atoms with Crippen molar-refractivity contribution in [2.45, 2.75) is 37.4 Å². The van der Waals surface area contributed by atoms with E-state index in [1.807, 2.05) is 0 Å². The molecule has 0 saturated carbocycles. The molecule has 2 aliphatic heterocycles. The van der Waals surface area contributed by atoms with Gasteiger partial charge in [0, 0.05) is 45.2 Å². The van der Waals surface area contributed by atoms with Crippen LogP contribution in [0.25, 0.3) is 0 Å². The number of aliphatic hydroxyl groups is 1. The average molecular weight is 700 g/mol. The molecule has 2 aromatic rings. The molecule has 0 bridgehead atoms. The highest BCUT2D eigenvalue weighted by Gasteiger charge is 2.37. The summed E-state index contributed by atoms with van der Waals surface area (Å²) in [5, 5.41) is 14.2. The number of nitrogens with zero attached hydrogens (tertiary/aromatic N) is 4. The van der Waals surface area contributed by atoms with E-state index in [1.165, 1.54) is 7.11 Å². The SMILES string of the molecule is CO/N=C(\COCc1cc(C(F)(F)F)cc(C(F)(F)F)c1)C(CCN1CCN(CC(=O)N2CC(O)C2)CC1)c1ccc(Cl)c(Cl)c1. The number of aliphatic hydroxyl groups excluding tert-OH is 1. The molecule has 1 amide bonds. The third-order valence-electron chi connectivity index (χ3n) is 7.90. The number of rotatable bonds is 12. The summed E-state index contributed by atoms with van der Waals surface area (Å²) >= 11 is 12.4. The summed E-state index contributed by atoms with van der Waals surface area (Å²) in [7, 11) is 1.32. The lowest BCUT2D eigenvalue weighted by Gasteiger charge is -2.39. The Balaban J connectivity index is 1.43. The molecule has 1 unspecified atom stereocenters. The predicted octanol–water partition coefficient (Wildman–Crippen LogP) is 5.54. The maximum atomic E-state index is 13.3. The molecule has 16 heteroatoms. The Morgan fingerprint density at radius 3 is 2.11 bits per heavy atom. The maximum absolute atomic E-state index is 13.3. The number of hydrogen-bond acceptors (Lipinski definition) is 7. The Morgan fingerprint density at radius 2 is 1.57 bits per heavy atom. The van der Waals surface area contributed by atoms with E-state index < -0.39 is 42.1 Å². The molecule has 2 saturated heterocycles. The lowest BCUT2D eigenvalue weighted by Crippen LogP contribution is -2.57. The first kappa shape index (κ1) is 36.2. The molecular weight excluding hydrogens is 665 g/mol. The number of amides is 1. The van der Waals surface area contributed by atoms with Crippen molar-refractivity contribution in [2.24, 2.45) is 5.16 Å². The molecule has 0 aromatic heterocycles. The van der Waals surface area contributed by atoms with Crippen LogP contribution in [0, 0.1) is 0 Å². The van der Waals surface area contributed by atoms with Crippen molar-refractivity contribution in [3.63, 3.8) is 0 Å². The number of halogens is 8. The highest BCUT2D eigenvalue weighted by atomic mass is 35.5. The summed E-state index contributed by atoms with van der Waals surface area (Å²) in [6.07, 6.45) is -9.91. The molecule has 2 aromatic carbocycles. The molecule has 1 N–H and O–H groups in total. The minimum atomic E-state index is -4.98. The highest BCUT2D eigenvalue weighted by molar-refractivity contribution is 6.42. The van der Waals surface area contributed by atoms with Crippen molar-refractivity contribution in [3.05, 3.63) is 68.7 Å². The molecule has 1 atom stereocenters. The minimum Gasteiger partial charge on any atom is -0.399 e. The molecule has 2 aliphatic rings. The Morgan fingerprint density at radius 1 is 0.957 bits per heavy atom. The largest absolute Gasteiger partial charge is 0.416 e. The first-order chi connectivity index (χ1) is 21.6. The number of alkyl halides is 6. The molecule has 8 nitrogen and oxygen atoms in total. The molecule has 254 valence electrons. The van der Waals surface area contributed by atoms with E-state index in [1.54, 1.807) is 23.1 Å². The number of likely N-dealkylation sites (tertiary alicyclic amines) is 1. The first-order valence-electron chi connectivity index (χ1n) is 14.5. The van der Waals surface area contributed by atoms with Gasteiger partial charge in [0.15, 0.2) is 0 Å². The van der Waals surface area contributed by atoms with Gasteiger partial charge in [-0.3, -0.25) is 9.69 Å². The summed E-state index contributed by atoms with van der Waals surface area (Å²) in [6.45, 7) is 3.51. The van der Waals surface area contributed by atoms with Gasteiger partial charge < -0.3 is 24.5 Å². The molecule has 0 aliphatic carbocycles. The number of β-amino-alcohol motifs (C(OH)–C–C–N with tert-alkyl or cyclic N) is 1. The van der Waals surface area contributed by atoms with E-state index in [9.17, 15) is 36.2 Å². The van der Waals surface area contributed by atoms with Crippen molar-refractivity contribution in [2.75, 3.05) is 66.1 Å². The second kappa shape index (κ2) is 15.5. The Hall–Kier alpha value is -2.62. The van der Waals surface area contributed by atoms with Crippen molar-refractivity contribution >= 4 is 34.8 Å². The van der Waals surface area contributed by atoms with E-state index in [0.29, 0.717) is 85.7 Å². The number of piperazine rings is 1. The highest BCUT2D eigenvalue weighted by Crippen LogP contribution is 2.37. The van der Waals surface area contributed by atoms with Crippen molar-refractivity contribution in [1.29, 1.82) is 0 Å². The van der Waals surface area contributed by atoms with Crippen LogP contribution in [-0.4, -0.2) is 104 Å². The van der Waals surface area contributed by atoms with E-state index in [0.717, 1.165) is 0 Å². The summed E-state index contributed by atoms with van der Waals surface area (Å²) in [5.74, 6) is -0.460. The summed E-state index contributed by atoms with van der Waals surface area (Å²) < 4.78 is 85.6. The Kier molecular flexibility index (Phi) is 12.2. The normalized spacial score (nSPS) is 18.0. The number of carbonyl (C=O) groups is 1. The van der Waals surface area contributed by atoms with Gasteiger partial charge in [0.1, 0.15) is 7.11 Å². The minimum absolute atomic E-state index is 0.0152. The molecule has 0 radical (unpaired) electrons. The van der Waals surface area contributed by atoms with Crippen molar-refractivity contribution < 1.29 is 45.8 Å². The van der Waals surface area contributed by atoms with Crippen LogP contribution in [0.4, 0.5) is 26.3 Å². The Bertz CT molecular complexity index is 1350. The lowest BCUT2D eigenvalue weighted by atomic mass is 9.90. The second-order valence-corrected chi connectivity index (χ2v) is 12.1. The zero-order valence-electron chi connectivity index (χ0n) is 24.9. The van der Waals surface area contributed by atoms with Gasteiger partial charge in [-0.15, -0.1) is 0 Å². The van der Waals surface area contributed by atoms with Gasteiger partial charge >= 0.3 is 12.4 Å². The average Bonchev–Trinajstić information content (AvgIpc) is 2.97. The number of hydrogen-bond donors (Lipinski definition) is 1. The van der Waals surface area contributed by atoms with Crippen LogP contribution in [0.1, 0.15) is 34.6 Å². The van der Waals surface area contributed by atoms with Gasteiger partial charge in [-0.05, 0) is 54.4 Å². The van der Waals surface area contributed by atoms with Gasteiger partial charge in [0.25, 0.3) is 0 Å². The van der Waals surface area contributed by atoms with Gasteiger partial charge in [-0.1, -0.05) is 34.4 Å². The van der Waals surface area contributed by atoms with Crippen LogP contribution in [0.5, 0.6) is 0 Å². The predicted molar refractivity (Wildman–Crippen MR) is 160 cm³/mol. The van der Waals surface area contributed by atoms with Crippen LogP contribution in [-0.2, 0) is 33.3 Å². The molecule has 46 heavy (non-hydrogen) atoms. The maximum Gasteiger partial charge on any atom is 0.416 e. The fourth-order valence-corrected chi connectivity index (χ4v) is 5.68. The van der Waals surface area contributed by atoms with Crippen LogP contribution in [0.2, 0.25) is 10.0 Å². The van der Waals surface area contributed by atoms with E-state index in [-0.39, 0.29) is 30.7 Å². The third kappa shape index (κ3) is 9.94. The number of carbonyl (C=O) groups excluding carboxylic acids is 1. The van der Waals surface area contributed by atoms with E-state index >= 15 is 0 Å². The van der Waals surface area contributed by atoms with Crippen molar-refractivity contribution in [1.82, 2.24) is 14.7 Å². The molecule has 0 spiro atoms. The topological polar surface area (TPSA) is 77.8 Å². The van der Waals surface area contributed by atoms with Crippen molar-refractivity contribution in [3.8, 4) is 0 Å². The molecule has 4 rings (SSSR count). The first-order valence-corrected chi connectivity index (χ1v) is 15.2. The van der Waals surface area contributed by atoms with Gasteiger partial charge in [0.05, 0.1) is 52.7 Å². The van der Waals surface area contributed by atoms with Crippen LogP contribution < -0.4 is 0 Å². The van der Waals surface area contributed by atoms with Gasteiger partial charge in [0.2, 0.25) is 5.91 Å². The Labute approximate surface area is 272 Å². The number of benzene rings is 2. The zero-order chi connectivity index (χ0) is 33.6. The quantitative estimate of drug-likeness (QED) is 0.178. The molecular formula is C30H34Cl2F6N4O4. The van der Waals surface area contributed by atoms with Crippen LogP contribution in [0.3, 0.4) is 0 Å². The zero-order valence-corrected chi connectivity index (χ0v) is 26.4. The smallest absolute Gasteiger partial charge is 0.399 e. The van der Waals surface area contributed by atoms with E-state index in [4.69, 9.17) is 32.8 Å². The van der Waals surface area contributed by atoms with Crippen LogP contribution >= 0.6 is 23.2 Å². The fraction of sp³-hybridized carbons (Fsp3) is 0.533. The fourth-order valence-electron chi connectivity index (χ4n) is 5.37. The monoisotopic (exact) mass is 698 g/mol. The van der Waals surface area contributed by atoms with Crippen LogP contribution in [0.15, 0.2) is 41.6 Å². The number of oxime groups is 1. The third-order valence-corrected chi connectivity index (χ3v) is 8.63. The summed E-state index contributed by atoms with van der Waals surface area (Å²) in [6, 6.07) is 6.35. The molecule has 2 fully saturated rings. The standard InChI is InChI=1S/C30H34Cl2F6N4O4/c1-45-39-27(18-46-17-19-10-21(29(33,34)35)13-22(11-19)30(36,37)38)24(20-2-3-25(31)26(32)12-20)4-5-40-6-8-41(9-7-40)16-28(44)42-14-23(43)15-42/h2-3,10-13,23-24,43H,4-9,14-18H2,1H3/b39-27+. The summed E-state index contributed by atoms with van der Waals surface area (Å²) in [4.78, 5) is 23.3. The lowest BCUT2D eigenvalue weighted by molar-refractivity contribution is -0.144. The van der Waals surface area contributed by atoms with Gasteiger partial charge in [-0.2, -0.15) is 26.3 Å². The summed E-state index contributed by atoms with van der Waals surface area (Å²) in [5.41, 5.74) is -2.09. The number of ether oxygens (including phenoxy) is 1. The second-order valence-electron chi connectivity index (χ2n) is 11.3. The molecule has 2 heterocycles. The van der Waals surface area contributed by atoms with Gasteiger partial charge in [-0.25, -0.2) is 0 Å². The van der Waals surface area contributed by atoms with E-state index in [2.05, 4.69) is 15.0 Å².